The van der Waals surface area contributed by atoms with Gasteiger partial charge in [-0.2, -0.15) is 0 Å². The number of nitrogens with one attached hydrogen (secondary N) is 2. The molecule has 0 aliphatic carbocycles. The van der Waals surface area contributed by atoms with Crippen molar-refractivity contribution in [3.8, 4) is 0 Å². The van der Waals surface area contributed by atoms with Crippen molar-refractivity contribution < 1.29 is 34.2 Å². The number of carboxylic acids is 1. The molecule has 4 atom stereocenters. The van der Waals surface area contributed by atoms with Gasteiger partial charge in [-0.1, -0.05) is 0 Å². The molecule has 12 nitrogen and oxygen atoms in total. The van der Waals surface area contributed by atoms with Crippen LogP contribution in [0.2, 0.25) is 0 Å². The molecule has 1 saturated heterocycles. The Morgan fingerprint density at radius 1 is 1.26 bits per heavy atom. The van der Waals surface area contributed by atoms with Crippen molar-refractivity contribution in [2.24, 2.45) is 11.5 Å². The van der Waals surface area contributed by atoms with Crippen molar-refractivity contribution in [2.45, 2.75) is 50.4 Å². The van der Waals surface area contributed by atoms with E-state index in [1.165, 1.54) is 11.8 Å². The minimum Gasteiger partial charge on any atom is -0.480 e. The summed E-state index contributed by atoms with van der Waals surface area (Å²) in [5, 5.41) is 22.7. The van der Waals surface area contributed by atoms with Gasteiger partial charge in [0.15, 0.2) is 0 Å². The third-order valence-corrected chi connectivity index (χ3v) is 4.05. The second kappa shape index (κ2) is 9.83. The smallest absolute Gasteiger partial charge is 0.322 e. The van der Waals surface area contributed by atoms with Crippen molar-refractivity contribution in [1.82, 2.24) is 15.5 Å². The fourth-order valence-corrected chi connectivity index (χ4v) is 2.75. The molecule has 1 rings (SSSR count). The van der Waals surface area contributed by atoms with E-state index >= 15 is 0 Å². The van der Waals surface area contributed by atoms with Crippen LogP contribution in [0.1, 0.15) is 26.2 Å². The van der Waals surface area contributed by atoms with Crippen LogP contribution in [0, 0.1) is 0 Å². The molecule has 152 valence electrons. The summed E-state index contributed by atoms with van der Waals surface area (Å²) in [7, 11) is 0. The van der Waals surface area contributed by atoms with Crippen LogP contribution in [-0.2, 0) is 24.0 Å². The second-order valence-corrected chi connectivity index (χ2v) is 6.30. The van der Waals surface area contributed by atoms with Gasteiger partial charge >= 0.3 is 5.97 Å². The summed E-state index contributed by atoms with van der Waals surface area (Å²) < 4.78 is 0. The van der Waals surface area contributed by atoms with Gasteiger partial charge in [-0.25, -0.2) is 0 Å². The number of hydrogen-bond donors (Lipinski definition) is 6. The minimum absolute atomic E-state index is 0.244. The highest BCUT2D eigenvalue weighted by Crippen LogP contribution is 2.19. The number of carbonyl (C=O) groups excluding carboxylic acids is 4. The number of rotatable bonds is 9. The normalized spacial score (nSPS) is 19.7. The van der Waals surface area contributed by atoms with Crippen molar-refractivity contribution >= 4 is 29.6 Å². The van der Waals surface area contributed by atoms with E-state index in [2.05, 4.69) is 10.6 Å². The number of amides is 4. The average molecular weight is 387 g/mol. The Bertz CT molecular complexity index is 609. The van der Waals surface area contributed by atoms with E-state index in [0.29, 0.717) is 12.8 Å². The van der Waals surface area contributed by atoms with Crippen LogP contribution < -0.4 is 22.1 Å². The molecule has 4 unspecified atom stereocenters. The van der Waals surface area contributed by atoms with E-state index < -0.39 is 60.4 Å². The van der Waals surface area contributed by atoms with Gasteiger partial charge in [0.05, 0.1) is 18.6 Å². The van der Waals surface area contributed by atoms with E-state index in [9.17, 15) is 29.1 Å². The number of nitrogens with two attached hydrogens (primary N) is 2. The lowest BCUT2D eigenvalue weighted by Crippen LogP contribution is -2.58. The van der Waals surface area contributed by atoms with Crippen LogP contribution in [0.5, 0.6) is 0 Å². The third kappa shape index (κ3) is 6.49. The number of carboxylic acid groups (broad SMARTS) is 1. The first-order valence-electron chi connectivity index (χ1n) is 8.37. The molecule has 27 heavy (non-hydrogen) atoms. The maximum atomic E-state index is 12.5. The van der Waals surface area contributed by atoms with Gasteiger partial charge in [-0.15, -0.1) is 0 Å². The molecule has 1 heterocycles. The molecule has 0 radical (unpaired) electrons. The van der Waals surface area contributed by atoms with Crippen LogP contribution in [0.25, 0.3) is 0 Å². The van der Waals surface area contributed by atoms with Crippen LogP contribution in [0.4, 0.5) is 0 Å². The fraction of sp³-hybridized carbons (Fsp3) is 0.667. The van der Waals surface area contributed by atoms with Crippen LogP contribution in [0.3, 0.4) is 0 Å². The summed E-state index contributed by atoms with van der Waals surface area (Å²) in [6.07, 6.45) is -0.843. The molecular formula is C15H25N5O7. The maximum Gasteiger partial charge on any atom is 0.322 e. The van der Waals surface area contributed by atoms with Crippen molar-refractivity contribution in [3.05, 3.63) is 0 Å². The molecule has 0 bridgehead atoms. The largest absolute Gasteiger partial charge is 0.480 e. The fourth-order valence-electron chi connectivity index (χ4n) is 2.75. The number of likely N-dealkylation sites (tertiary alicyclic amines) is 1. The monoisotopic (exact) mass is 387 g/mol. The molecule has 1 aliphatic rings. The summed E-state index contributed by atoms with van der Waals surface area (Å²) >= 11 is 0. The molecule has 0 aromatic rings. The Labute approximate surface area is 155 Å². The molecular weight excluding hydrogens is 362 g/mol. The lowest BCUT2D eigenvalue weighted by Gasteiger charge is -2.28. The molecule has 0 saturated carbocycles. The Kier molecular flexibility index (Phi) is 8.12. The lowest BCUT2D eigenvalue weighted by atomic mass is 10.1. The number of nitrogens with zero attached hydrogens (tertiary/aromatic N) is 1. The van der Waals surface area contributed by atoms with E-state index in [-0.39, 0.29) is 13.0 Å². The van der Waals surface area contributed by atoms with E-state index in [1.54, 1.807) is 0 Å². The standard InChI is InChI=1S/C15H25N5O7/c1-7(21)12(14(26)18-6-11(23)24)19-13(25)9-3-2-4-20(9)15(27)8(16)5-10(17)22/h7-9,12,21H,2-6,16H2,1H3,(H2,17,22)(H,18,26)(H,19,25)(H,23,24). The summed E-state index contributed by atoms with van der Waals surface area (Å²) in [6.45, 7) is 0.827. The molecule has 0 spiro atoms. The average Bonchev–Trinajstić information content (AvgIpc) is 3.05. The Morgan fingerprint density at radius 2 is 1.89 bits per heavy atom. The van der Waals surface area contributed by atoms with Crippen LogP contribution in [0.15, 0.2) is 0 Å². The van der Waals surface area contributed by atoms with Gasteiger partial charge in [0.25, 0.3) is 0 Å². The SMILES string of the molecule is CC(O)C(NC(=O)C1CCCN1C(=O)C(N)CC(N)=O)C(=O)NCC(=O)O. The summed E-state index contributed by atoms with van der Waals surface area (Å²) in [5.74, 6) is -4.21. The second-order valence-electron chi connectivity index (χ2n) is 6.30. The van der Waals surface area contributed by atoms with Gasteiger partial charge in [-0.05, 0) is 19.8 Å². The molecule has 1 aliphatic heterocycles. The first-order valence-corrected chi connectivity index (χ1v) is 8.37. The Balaban J connectivity index is 2.79. The van der Waals surface area contributed by atoms with Crippen LogP contribution in [-0.4, -0.2) is 82.0 Å². The zero-order chi connectivity index (χ0) is 20.7. The van der Waals surface area contributed by atoms with E-state index in [1.807, 2.05) is 0 Å². The highest BCUT2D eigenvalue weighted by molar-refractivity contribution is 5.95. The zero-order valence-corrected chi connectivity index (χ0v) is 14.9. The quantitative estimate of drug-likeness (QED) is 0.231. The van der Waals surface area contributed by atoms with Gasteiger partial charge < -0.3 is 37.2 Å². The highest BCUT2D eigenvalue weighted by Gasteiger charge is 2.38. The third-order valence-electron chi connectivity index (χ3n) is 4.05. The van der Waals surface area contributed by atoms with Gasteiger partial charge in [-0.3, -0.25) is 24.0 Å². The van der Waals surface area contributed by atoms with Crippen molar-refractivity contribution in [2.75, 3.05) is 13.1 Å². The molecule has 8 N–H and O–H groups in total. The summed E-state index contributed by atoms with van der Waals surface area (Å²) in [4.78, 5) is 59.5. The van der Waals surface area contributed by atoms with E-state index in [4.69, 9.17) is 16.6 Å². The summed E-state index contributed by atoms with van der Waals surface area (Å²) in [6, 6.07) is -3.50. The topological polar surface area (TPSA) is 205 Å². The highest BCUT2D eigenvalue weighted by atomic mass is 16.4. The maximum absolute atomic E-state index is 12.5. The predicted molar refractivity (Wildman–Crippen MR) is 90.8 cm³/mol. The zero-order valence-electron chi connectivity index (χ0n) is 14.9. The first kappa shape index (κ1) is 22.3. The Hall–Kier alpha value is -2.73. The van der Waals surface area contributed by atoms with Gasteiger partial charge in [0, 0.05) is 6.54 Å². The van der Waals surface area contributed by atoms with E-state index in [0.717, 1.165) is 0 Å². The molecule has 0 aromatic heterocycles. The van der Waals surface area contributed by atoms with Gasteiger partial charge in [0.2, 0.25) is 23.6 Å². The molecule has 12 heteroatoms. The number of aliphatic hydroxyl groups excluding tert-OH is 1. The minimum atomic E-state index is -1.39. The van der Waals surface area contributed by atoms with Crippen molar-refractivity contribution in [3.63, 3.8) is 0 Å². The molecule has 0 aromatic carbocycles. The Morgan fingerprint density at radius 3 is 2.41 bits per heavy atom. The number of carbonyl (C=O) groups is 5. The number of aliphatic carboxylic acids is 1. The molecule has 1 fully saturated rings. The molecule has 4 amide bonds. The number of primary amides is 1. The lowest BCUT2D eigenvalue weighted by molar-refractivity contribution is -0.142. The van der Waals surface area contributed by atoms with Gasteiger partial charge in [0.1, 0.15) is 18.6 Å². The first-order chi connectivity index (χ1) is 12.5. The number of aliphatic hydroxyl groups is 1. The number of hydrogen-bond acceptors (Lipinski definition) is 7. The van der Waals surface area contributed by atoms with Crippen LogP contribution >= 0.6 is 0 Å². The predicted octanol–water partition coefficient (Wildman–Crippen LogP) is -3.75. The van der Waals surface area contributed by atoms with Crippen molar-refractivity contribution in [1.29, 1.82) is 0 Å². The summed E-state index contributed by atoms with van der Waals surface area (Å²) in [5.41, 5.74) is 10.7.